The number of carbonyl (C=O) groups excluding carboxylic acids is 1. The summed E-state index contributed by atoms with van der Waals surface area (Å²) in [6.07, 6.45) is 0. The number of hydrogen-bond acceptors (Lipinski definition) is 3. The van der Waals surface area contributed by atoms with Crippen LogP contribution in [0.1, 0.15) is 10.4 Å². The molecule has 1 heterocycles. The molecule has 122 valence electrons. The SMILES string of the molecule is I.NC(=NCCNC(=O)c1ccc(Br)cc1)N1CCOCC1. The van der Waals surface area contributed by atoms with Crippen LogP contribution in [-0.2, 0) is 4.74 Å². The predicted octanol–water partition coefficient (Wildman–Crippen LogP) is 1.44. The molecule has 0 unspecified atom stereocenters. The van der Waals surface area contributed by atoms with Crippen molar-refractivity contribution in [3.8, 4) is 0 Å². The molecule has 1 amide bonds. The number of nitrogens with one attached hydrogen (secondary N) is 1. The molecule has 0 atom stereocenters. The average molecular weight is 483 g/mol. The molecule has 0 bridgehead atoms. The average Bonchev–Trinajstić information content (AvgIpc) is 2.52. The van der Waals surface area contributed by atoms with Gasteiger partial charge in [0.1, 0.15) is 0 Å². The van der Waals surface area contributed by atoms with Gasteiger partial charge in [-0.25, -0.2) is 0 Å². The molecule has 0 saturated carbocycles. The van der Waals surface area contributed by atoms with Gasteiger partial charge in [0.25, 0.3) is 5.91 Å². The normalized spacial score (nSPS) is 15.1. The van der Waals surface area contributed by atoms with E-state index in [0.29, 0.717) is 37.8 Å². The summed E-state index contributed by atoms with van der Waals surface area (Å²) in [7, 11) is 0. The number of morpholine rings is 1. The van der Waals surface area contributed by atoms with Gasteiger partial charge < -0.3 is 20.7 Å². The Balaban J connectivity index is 0.00000242. The third kappa shape index (κ3) is 6.09. The van der Waals surface area contributed by atoms with E-state index in [4.69, 9.17) is 10.5 Å². The molecule has 1 aromatic carbocycles. The summed E-state index contributed by atoms with van der Waals surface area (Å²) in [6.45, 7) is 3.81. The molecule has 3 N–H and O–H groups in total. The summed E-state index contributed by atoms with van der Waals surface area (Å²) in [5, 5.41) is 2.82. The number of halogens is 2. The van der Waals surface area contributed by atoms with Gasteiger partial charge in [0, 0.05) is 29.7 Å². The third-order valence-electron chi connectivity index (χ3n) is 3.11. The molecule has 0 aliphatic carbocycles. The van der Waals surface area contributed by atoms with Crippen LogP contribution in [0.25, 0.3) is 0 Å². The summed E-state index contributed by atoms with van der Waals surface area (Å²) >= 11 is 3.34. The second-order valence-corrected chi connectivity index (χ2v) is 5.52. The first-order valence-corrected chi connectivity index (χ1v) is 7.62. The van der Waals surface area contributed by atoms with Crippen LogP contribution in [0.15, 0.2) is 33.7 Å². The molecule has 0 radical (unpaired) electrons. The van der Waals surface area contributed by atoms with E-state index < -0.39 is 0 Å². The van der Waals surface area contributed by atoms with Crippen LogP contribution in [-0.4, -0.2) is 56.2 Å². The summed E-state index contributed by atoms with van der Waals surface area (Å²) in [5.41, 5.74) is 6.52. The van der Waals surface area contributed by atoms with E-state index in [9.17, 15) is 4.79 Å². The first-order chi connectivity index (χ1) is 10.2. The van der Waals surface area contributed by atoms with Gasteiger partial charge in [-0.3, -0.25) is 9.79 Å². The monoisotopic (exact) mass is 482 g/mol. The lowest BCUT2D eigenvalue weighted by Gasteiger charge is -2.27. The van der Waals surface area contributed by atoms with E-state index in [2.05, 4.69) is 26.2 Å². The zero-order valence-electron chi connectivity index (χ0n) is 12.1. The van der Waals surface area contributed by atoms with E-state index in [0.717, 1.165) is 17.6 Å². The highest BCUT2D eigenvalue weighted by atomic mass is 127. The number of benzene rings is 1. The van der Waals surface area contributed by atoms with E-state index >= 15 is 0 Å². The zero-order chi connectivity index (χ0) is 15.1. The number of carbonyl (C=O) groups is 1. The van der Waals surface area contributed by atoms with Crippen LogP contribution in [0.3, 0.4) is 0 Å². The Morgan fingerprint density at radius 3 is 2.59 bits per heavy atom. The third-order valence-corrected chi connectivity index (χ3v) is 3.64. The van der Waals surface area contributed by atoms with Crippen molar-refractivity contribution in [1.82, 2.24) is 10.2 Å². The van der Waals surface area contributed by atoms with Crippen molar-refractivity contribution in [1.29, 1.82) is 0 Å². The van der Waals surface area contributed by atoms with Crippen molar-refractivity contribution in [3.63, 3.8) is 0 Å². The van der Waals surface area contributed by atoms with Crippen LogP contribution >= 0.6 is 39.9 Å². The smallest absolute Gasteiger partial charge is 0.251 e. The Hall–Kier alpha value is -0.870. The Labute approximate surface area is 155 Å². The van der Waals surface area contributed by atoms with Crippen molar-refractivity contribution in [2.45, 2.75) is 0 Å². The first kappa shape index (κ1) is 19.2. The van der Waals surface area contributed by atoms with Crippen molar-refractivity contribution in [2.24, 2.45) is 10.7 Å². The maximum atomic E-state index is 11.9. The Morgan fingerprint density at radius 2 is 1.95 bits per heavy atom. The van der Waals surface area contributed by atoms with Crippen molar-refractivity contribution >= 4 is 51.8 Å². The Bertz CT molecular complexity index is 504. The Morgan fingerprint density at radius 1 is 1.32 bits per heavy atom. The predicted molar refractivity (Wildman–Crippen MR) is 101 cm³/mol. The molecule has 1 saturated heterocycles. The van der Waals surface area contributed by atoms with Crippen LogP contribution in [0.5, 0.6) is 0 Å². The van der Waals surface area contributed by atoms with Gasteiger partial charge in [0.15, 0.2) is 5.96 Å². The van der Waals surface area contributed by atoms with E-state index in [-0.39, 0.29) is 29.9 Å². The number of aliphatic imine (C=N–C) groups is 1. The van der Waals surface area contributed by atoms with Crippen LogP contribution < -0.4 is 11.1 Å². The van der Waals surface area contributed by atoms with Crippen molar-refractivity contribution < 1.29 is 9.53 Å². The van der Waals surface area contributed by atoms with Gasteiger partial charge in [0.2, 0.25) is 0 Å². The van der Waals surface area contributed by atoms with E-state index in [1.807, 2.05) is 17.0 Å². The number of nitrogens with zero attached hydrogens (tertiary/aromatic N) is 2. The highest BCUT2D eigenvalue weighted by Crippen LogP contribution is 2.10. The molecule has 1 aliphatic rings. The summed E-state index contributed by atoms with van der Waals surface area (Å²) in [6, 6.07) is 7.21. The fraction of sp³-hybridized carbons (Fsp3) is 0.429. The first-order valence-electron chi connectivity index (χ1n) is 6.83. The van der Waals surface area contributed by atoms with Crippen LogP contribution in [0.4, 0.5) is 0 Å². The lowest BCUT2D eigenvalue weighted by molar-refractivity contribution is 0.0674. The molecule has 0 spiro atoms. The van der Waals surface area contributed by atoms with E-state index in [1.54, 1.807) is 12.1 Å². The van der Waals surface area contributed by atoms with Gasteiger partial charge in [-0.2, -0.15) is 0 Å². The minimum atomic E-state index is -0.109. The summed E-state index contributed by atoms with van der Waals surface area (Å²) in [5.74, 6) is 0.402. The largest absolute Gasteiger partial charge is 0.378 e. The lowest BCUT2D eigenvalue weighted by Crippen LogP contribution is -2.45. The Kier molecular flexibility index (Phi) is 8.72. The highest BCUT2D eigenvalue weighted by Gasteiger charge is 2.11. The molecule has 2 rings (SSSR count). The second-order valence-electron chi connectivity index (χ2n) is 4.60. The molecular weight excluding hydrogens is 463 g/mol. The molecule has 1 aromatic rings. The van der Waals surface area contributed by atoms with E-state index in [1.165, 1.54) is 0 Å². The molecule has 1 aliphatic heterocycles. The number of rotatable bonds is 4. The lowest BCUT2D eigenvalue weighted by atomic mass is 10.2. The maximum Gasteiger partial charge on any atom is 0.251 e. The number of guanidine groups is 1. The summed E-state index contributed by atoms with van der Waals surface area (Å²) < 4.78 is 6.20. The zero-order valence-corrected chi connectivity index (χ0v) is 16.0. The number of nitrogens with two attached hydrogens (primary N) is 1. The second kappa shape index (κ2) is 10.0. The quantitative estimate of drug-likeness (QED) is 0.294. The number of hydrogen-bond donors (Lipinski definition) is 2. The van der Waals surface area contributed by atoms with Crippen molar-refractivity contribution in [2.75, 3.05) is 39.4 Å². The number of ether oxygens (including phenoxy) is 1. The number of amides is 1. The summed E-state index contributed by atoms with van der Waals surface area (Å²) in [4.78, 5) is 18.1. The van der Waals surface area contributed by atoms with Gasteiger partial charge >= 0.3 is 0 Å². The maximum absolute atomic E-state index is 11.9. The molecule has 6 nitrogen and oxygen atoms in total. The van der Waals surface area contributed by atoms with Crippen molar-refractivity contribution in [3.05, 3.63) is 34.3 Å². The molecule has 1 fully saturated rings. The minimum Gasteiger partial charge on any atom is -0.378 e. The fourth-order valence-electron chi connectivity index (χ4n) is 1.94. The van der Waals surface area contributed by atoms with Gasteiger partial charge in [-0.05, 0) is 24.3 Å². The highest BCUT2D eigenvalue weighted by molar-refractivity contribution is 14.0. The molecule has 8 heteroatoms. The fourth-order valence-corrected chi connectivity index (χ4v) is 2.20. The molecule has 0 aromatic heterocycles. The molecule has 22 heavy (non-hydrogen) atoms. The van der Waals surface area contributed by atoms with Crippen LogP contribution in [0, 0.1) is 0 Å². The minimum absolute atomic E-state index is 0. The van der Waals surface area contributed by atoms with Gasteiger partial charge in [-0.1, -0.05) is 15.9 Å². The van der Waals surface area contributed by atoms with Crippen LogP contribution in [0.2, 0.25) is 0 Å². The van der Waals surface area contributed by atoms with Gasteiger partial charge in [0.05, 0.1) is 19.8 Å². The molecular formula is C14H20BrIN4O2. The van der Waals surface area contributed by atoms with Gasteiger partial charge in [-0.15, -0.1) is 24.0 Å². The topological polar surface area (TPSA) is 79.9 Å². The standard InChI is InChI=1S/C14H19BrN4O2.HI/c15-12-3-1-11(2-4-12)13(20)17-5-6-18-14(16)19-7-9-21-10-8-19;/h1-4H,5-10H2,(H2,16,18)(H,17,20);1H.